The summed E-state index contributed by atoms with van der Waals surface area (Å²) in [5, 5.41) is 0. The van der Waals surface area contributed by atoms with Gasteiger partial charge in [0.25, 0.3) is 0 Å². The number of hydrogen-bond acceptors (Lipinski definition) is 2. The maximum atomic E-state index is 10.7. The van der Waals surface area contributed by atoms with Crippen LogP contribution in [-0.2, 0) is 10.0 Å². The fourth-order valence-electron chi connectivity index (χ4n) is 0.957. The van der Waals surface area contributed by atoms with Crippen LogP contribution in [0.15, 0.2) is 0 Å². The largest absolute Gasteiger partial charge is 0.212 e. The predicted octanol–water partition coefficient (Wildman–Crippen LogP) is 0.0881. The van der Waals surface area contributed by atoms with Gasteiger partial charge in [0.15, 0.2) is 0 Å². The Bertz CT molecular complexity index is 185. The van der Waals surface area contributed by atoms with Crippen LogP contribution in [0.5, 0.6) is 0 Å². The molecular formula is C5H11NO2S. The molecular weight excluding hydrogens is 138 g/mol. The lowest BCUT2D eigenvalue weighted by atomic mass is 10.2. The van der Waals surface area contributed by atoms with Gasteiger partial charge in [-0.2, -0.15) is 0 Å². The third-order valence-electron chi connectivity index (χ3n) is 1.57. The van der Waals surface area contributed by atoms with E-state index >= 15 is 0 Å². The van der Waals surface area contributed by atoms with Gasteiger partial charge in [-0.1, -0.05) is 6.92 Å². The van der Waals surface area contributed by atoms with E-state index in [0.29, 0.717) is 5.75 Å². The molecule has 0 aromatic rings. The van der Waals surface area contributed by atoms with Crippen molar-refractivity contribution in [3.63, 3.8) is 0 Å². The molecule has 0 aromatic heterocycles. The summed E-state index contributed by atoms with van der Waals surface area (Å²) in [6, 6.07) is 0.204. The van der Waals surface area contributed by atoms with Gasteiger partial charge in [-0.3, -0.25) is 0 Å². The van der Waals surface area contributed by atoms with Crippen molar-refractivity contribution in [2.75, 3.05) is 5.75 Å². The van der Waals surface area contributed by atoms with Crippen molar-refractivity contribution in [3.05, 3.63) is 0 Å². The van der Waals surface area contributed by atoms with Crippen molar-refractivity contribution in [2.45, 2.75) is 25.8 Å². The first-order valence-corrected chi connectivity index (χ1v) is 4.79. The van der Waals surface area contributed by atoms with Gasteiger partial charge in [-0.05, 0) is 12.8 Å². The van der Waals surface area contributed by atoms with Crippen LogP contribution in [0, 0.1) is 0 Å². The Morgan fingerprint density at radius 2 is 2.33 bits per heavy atom. The molecule has 1 saturated heterocycles. The zero-order valence-corrected chi connectivity index (χ0v) is 6.24. The zero-order chi connectivity index (χ0) is 6.91. The molecule has 1 aliphatic rings. The van der Waals surface area contributed by atoms with Gasteiger partial charge in [-0.15, -0.1) is 0 Å². The first-order valence-electron chi connectivity index (χ1n) is 3.14. The van der Waals surface area contributed by atoms with Crippen LogP contribution in [0.25, 0.3) is 0 Å². The third-order valence-corrected chi connectivity index (χ3v) is 3.04. The molecule has 0 aliphatic carbocycles. The van der Waals surface area contributed by atoms with Gasteiger partial charge >= 0.3 is 0 Å². The molecule has 1 atom stereocenters. The second-order valence-electron chi connectivity index (χ2n) is 2.33. The van der Waals surface area contributed by atoms with Gasteiger partial charge in [0, 0.05) is 6.04 Å². The second kappa shape index (κ2) is 2.27. The van der Waals surface area contributed by atoms with Crippen molar-refractivity contribution in [3.8, 4) is 0 Å². The summed E-state index contributed by atoms with van der Waals surface area (Å²) < 4.78 is 23.9. The van der Waals surface area contributed by atoms with Crippen molar-refractivity contribution in [1.29, 1.82) is 0 Å². The number of sulfonamides is 1. The zero-order valence-electron chi connectivity index (χ0n) is 5.42. The first kappa shape index (κ1) is 7.02. The summed E-state index contributed by atoms with van der Waals surface area (Å²) >= 11 is 0. The minimum absolute atomic E-state index is 0.204. The Labute approximate surface area is 55.5 Å². The Morgan fingerprint density at radius 1 is 1.67 bits per heavy atom. The van der Waals surface area contributed by atoms with Crippen LogP contribution in [0.2, 0.25) is 0 Å². The lowest BCUT2D eigenvalue weighted by Gasteiger charge is -2.01. The van der Waals surface area contributed by atoms with E-state index in [0.717, 1.165) is 12.8 Å². The lowest BCUT2D eigenvalue weighted by Crippen LogP contribution is -2.24. The van der Waals surface area contributed by atoms with E-state index in [2.05, 4.69) is 4.72 Å². The van der Waals surface area contributed by atoms with Crippen LogP contribution in [0.3, 0.4) is 0 Å². The molecule has 4 heteroatoms. The maximum Gasteiger partial charge on any atom is 0.211 e. The molecule has 0 saturated carbocycles. The van der Waals surface area contributed by atoms with E-state index in [9.17, 15) is 8.42 Å². The van der Waals surface area contributed by atoms with E-state index in [1.165, 1.54) is 0 Å². The summed E-state index contributed by atoms with van der Waals surface area (Å²) in [4.78, 5) is 0. The molecule has 1 fully saturated rings. The highest BCUT2D eigenvalue weighted by atomic mass is 32.2. The number of rotatable bonds is 1. The van der Waals surface area contributed by atoms with E-state index in [1.807, 2.05) is 6.92 Å². The maximum absolute atomic E-state index is 10.7. The molecule has 1 heterocycles. The topological polar surface area (TPSA) is 46.2 Å². The number of nitrogens with one attached hydrogen (secondary N) is 1. The van der Waals surface area contributed by atoms with Crippen LogP contribution >= 0.6 is 0 Å². The average molecular weight is 149 g/mol. The Morgan fingerprint density at radius 3 is 2.56 bits per heavy atom. The first-order chi connectivity index (χ1) is 4.14. The average Bonchev–Trinajstić information content (AvgIpc) is 2.10. The van der Waals surface area contributed by atoms with Gasteiger partial charge < -0.3 is 0 Å². The summed E-state index contributed by atoms with van der Waals surface area (Å²) in [5.41, 5.74) is 0. The van der Waals surface area contributed by atoms with Crippen LogP contribution in [-0.4, -0.2) is 20.2 Å². The highest BCUT2D eigenvalue weighted by Gasteiger charge is 2.24. The van der Waals surface area contributed by atoms with Crippen molar-refractivity contribution < 1.29 is 8.42 Å². The summed E-state index contributed by atoms with van der Waals surface area (Å²) in [7, 11) is -2.86. The molecule has 9 heavy (non-hydrogen) atoms. The molecule has 0 amide bonds. The smallest absolute Gasteiger partial charge is 0.211 e. The molecule has 1 N–H and O–H groups in total. The fourth-order valence-corrected chi connectivity index (χ4v) is 2.46. The molecule has 1 rings (SSSR count). The molecule has 3 nitrogen and oxygen atoms in total. The Hall–Kier alpha value is -0.0900. The predicted molar refractivity (Wildman–Crippen MR) is 35.6 cm³/mol. The second-order valence-corrected chi connectivity index (χ2v) is 4.20. The summed E-state index contributed by atoms with van der Waals surface area (Å²) in [5.74, 6) is 0.311. The molecule has 0 spiro atoms. The molecule has 0 radical (unpaired) electrons. The van der Waals surface area contributed by atoms with Gasteiger partial charge in [0.1, 0.15) is 0 Å². The van der Waals surface area contributed by atoms with E-state index in [1.54, 1.807) is 0 Å². The van der Waals surface area contributed by atoms with E-state index < -0.39 is 10.0 Å². The minimum atomic E-state index is -2.86. The highest BCUT2D eigenvalue weighted by molar-refractivity contribution is 7.89. The van der Waals surface area contributed by atoms with Crippen molar-refractivity contribution in [1.82, 2.24) is 4.72 Å². The van der Waals surface area contributed by atoms with Gasteiger partial charge in [0.2, 0.25) is 10.0 Å². The Balaban J connectivity index is 2.58. The van der Waals surface area contributed by atoms with Gasteiger partial charge in [-0.25, -0.2) is 13.1 Å². The molecule has 0 aromatic carbocycles. The minimum Gasteiger partial charge on any atom is -0.212 e. The monoisotopic (exact) mass is 149 g/mol. The normalized spacial score (nSPS) is 32.8. The fraction of sp³-hybridized carbons (Fsp3) is 1.00. The van der Waals surface area contributed by atoms with Crippen LogP contribution < -0.4 is 4.72 Å². The molecule has 0 bridgehead atoms. The molecule has 1 aliphatic heterocycles. The van der Waals surface area contributed by atoms with Crippen LogP contribution in [0.4, 0.5) is 0 Å². The Kier molecular flexibility index (Phi) is 1.77. The summed E-state index contributed by atoms with van der Waals surface area (Å²) in [6.45, 7) is 1.98. The summed E-state index contributed by atoms with van der Waals surface area (Å²) in [6.07, 6.45) is 1.68. The van der Waals surface area contributed by atoms with Crippen molar-refractivity contribution >= 4 is 10.0 Å². The molecule has 0 unspecified atom stereocenters. The van der Waals surface area contributed by atoms with Crippen molar-refractivity contribution in [2.24, 2.45) is 0 Å². The standard InChI is InChI=1S/C5H11NO2S/c1-2-5-3-4-9(7,8)6-5/h5-6H,2-4H2,1H3/t5-/m0/s1. The SMILES string of the molecule is CC[C@H]1CCS(=O)(=O)N1. The number of hydrogen-bond donors (Lipinski definition) is 1. The quantitative estimate of drug-likeness (QED) is 0.574. The van der Waals surface area contributed by atoms with Crippen LogP contribution in [0.1, 0.15) is 19.8 Å². The molecule has 54 valence electrons. The lowest BCUT2D eigenvalue weighted by molar-refractivity contribution is 0.574. The highest BCUT2D eigenvalue weighted by Crippen LogP contribution is 2.09. The third kappa shape index (κ3) is 1.66. The van der Waals surface area contributed by atoms with Gasteiger partial charge in [0.05, 0.1) is 5.75 Å². The van der Waals surface area contributed by atoms with E-state index in [4.69, 9.17) is 0 Å². The van der Waals surface area contributed by atoms with E-state index in [-0.39, 0.29) is 6.04 Å².